The monoisotopic (exact) mass is 357 g/mol. The highest BCUT2D eigenvalue weighted by Crippen LogP contribution is 2.20. The van der Waals surface area contributed by atoms with Gasteiger partial charge in [0.05, 0.1) is 0 Å². The summed E-state index contributed by atoms with van der Waals surface area (Å²) in [4.78, 5) is 18.4. The molecule has 26 heavy (non-hydrogen) atoms. The van der Waals surface area contributed by atoms with E-state index < -0.39 is 0 Å². The van der Waals surface area contributed by atoms with Crippen molar-refractivity contribution >= 4 is 17.6 Å². The van der Waals surface area contributed by atoms with Gasteiger partial charge >= 0.3 is 0 Å². The number of guanidine groups is 1. The molecule has 1 aromatic carbocycles. The highest BCUT2D eigenvalue weighted by atomic mass is 16.1. The van der Waals surface area contributed by atoms with Gasteiger partial charge in [-0.15, -0.1) is 0 Å². The van der Waals surface area contributed by atoms with E-state index in [0.29, 0.717) is 18.5 Å². The molecule has 1 aromatic rings. The van der Waals surface area contributed by atoms with Crippen LogP contribution in [-0.4, -0.2) is 50.6 Å². The number of hydrogen-bond acceptors (Lipinski definition) is 3. The Morgan fingerprint density at radius 3 is 2.62 bits per heavy atom. The van der Waals surface area contributed by atoms with Gasteiger partial charge in [-0.05, 0) is 44.7 Å². The van der Waals surface area contributed by atoms with Gasteiger partial charge < -0.3 is 20.9 Å². The average Bonchev–Trinajstić information content (AvgIpc) is 3.33. The van der Waals surface area contributed by atoms with Gasteiger partial charge in [-0.1, -0.05) is 17.7 Å². The molecular weight excluding hydrogens is 326 g/mol. The molecule has 2 aliphatic rings. The van der Waals surface area contributed by atoms with Gasteiger partial charge in [-0.2, -0.15) is 0 Å². The summed E-state index contributed by atoms with van der Waals surface area (Å²) < 4.78 is 0. The largest absolute Gasteiger partial charge is 0.369 e. The van der Waals surface area contributed by atoms with Crippen LogP contribution in [0.15, 0.2) is 29.3 Å². The number of rotatable bonds is 7. The van der Waals surface area contributed by atoms with Crippen LogP contribution in [0.1, 0.15) is 37.7 Å². The smallest absolute Gasteiger partial charge is 0.220 e. The zero-order chi connectivity index (χ0) is 18.4. The van der Waals surface area contributed by atoms with Crippen molar-refractivity contribution in [1.29, 1.82) is 0 Å². The van der Waals surface area contributed by atoms with Crippen LogP contribution in [0.25, 0.3) is 0 Å². The van der Waals surface area contributed by atoms with E-state index >= 15 is 0 Å². The number of nitrogens with one attached hydrogen (secondary N) is 3. The Morgan fingerprint density at radius 1 is 1.15 bits per heavy atom. The lowest BCUT2D eigenvalue weighted by Crippen LogP contribution is -2.45. The standard InChI is InChI=1S/C20H31N5O/c1-15-5-9-18(10-6-15)25-13-11-17(14-25)24-20(21-2)22-12-3-4-19(26)23-16-7-8-16/h5-6,9-10,16-17H,3-4,7-8,11-14H2,1-2H3,(H,23,26)(H2,21,22,24). The first-order valence-electron chi connectivity index (χ1n) is 9.72. The third-order valence-electron chi connectivity index (χ3n) is 4.97. The number of anilines is 1. The van der Waals surface area contributed by atoms with E-state index in [1.807, 2.05) is 0 Å². The molecular formula is C20H31N5O. The van der Waals surface area contributed by atoms with Crippen molar-refractivity contribution in [3.05, 3.63) is 29.8 Å². The van der Waals surface area contributed by atoms with Crippen molar-refractivity contribution in [2.24, 2.45) is 4.99 Å². The second kappa shape index (κ2) is 8.92. The van der Waals surface area contributed by atoms with Crippen molar-refractivity contribution in [3.8, 4) is 0 Å². The van der Waals surface area contributed by atoms with Crippen LogP contribution in [0.2, 0.25) is 0 Å². The summed E-state index contributed by atoms with van der Waals surface area (Å²) in [5.74, 6) is 0.991. The molecule has 142 valence electrons. The summed E-state index contributed by atoms with van der Waals surface area (Å²) in [6.07, 6.45) is 4.77. The first kappa shape index (κ1) is 18.5. The first-order valence-corrected chi connectivity index (χ1v) is 9.72. The van der Waals surface area contributed by atoms with Crippen molar-refractivity contribution in [2.45, 2.75) is 51.1 Å². The van der Waals surface area contributed by atoms with E-state index in [1.165, 1.54) is 11.3 Å². The number of nitrogens with zero attached hydrogens (tertiary/aromatic N) is 2. The van der Waals surface area contributed by atoms with Crippen LogP contribution in [0, 0.1) is 6.92 Å². The lowest BCUT2D eigenvalue weighted by Gasteiger charge is -2.20. The van der Waals surface area contributed by atoms with Gasteiger partial charge in [0.2, 0.25) is 5.91 Å². The number of aryl methyl sites for hydroxylation is 1. The molecule has 1 atom stereocenters. The van der Waals surface area contributed by atoms with Gasteiger partial charge in [0.25, 0.3) is 0 Å². The average molecular weight is 358 g/mol. The number of benzene rings is 1. The van der Waals surface area contributed by atoms with Gasteiger partial charge in [0, 0.05) is 50.9 Å². The maximum absolute atomic E-state index is 11.7. The van der Waals surface area contributed by atoms with Crippen molar-refractivity contribution in [1.82, 2.24) is 16.0 Å². The molecule has 6 heteroatoms. The second-order valence-corrected chi connectivity index (χ2v) is 7.36. The molecule has 1 saturated heterocycles. The van der Waals surface area contributed by atoms with E-state index in [9.17, 15) is 4.79 Å². The van der Waals surface area contributed by atoms with Crippen LogP contribution in [0.5, 0.6) is 0 Å². The summed E-state index contributed by atoms with van der Waals surface area (Å²) in [6.45, 7) is 4.90. The molecule has 0 spiro atoms. The molecule has 3 rings (SSSR count). The summed E-state index contributed by atoms with van der Waals surface area (Å²) in [5, 5.41) is 9.85. The van der Waals surface area contributed by atoms with Crippen molar-refractivity contribution in [3.63, 3.8) is 0 Å². The molecule has 0 bridgehead atoms. The summed E-state index contributed by atoms with van der Waals surface area (Å²) in [7, 11) is 1.79. The Morgan fingerprint density at radius 2 is 1.92 bits per heavy atom. The molecule has 1 aliphatic carbocycles. The second-order valence-electron chi connectivity index (χ2n) is 7.36. The molecule has 3 N–H and O–H groups in total. The van der Waals surface area contributed by atoms with E-state index in [4.69, 9.17) is 0 Å². The SMILES string of the molecule is CN=C(NCCCC(=O)NC1CC1)NC1CCN(c2ccc(C)cc2)C1. The minimum absolute atomic E-state index is 0.168. The van der Waals surface area contributed by atoms with E-state index in [0.717, 1.165) is 51.3 Å². The molecule has 1 heterocycles. The van der Waals surface area contributed by atoms with Crippen LogP contribution in [-0.2, 0) is 4.79 Å². The maximum Gasteiger partial charge on any atom is 0.220 e. The molecule has 1 amide bonds. The fourth-order valence-corrected chi connectivity index (χ4v) is 3.24. The number of carbonyl (C=O) groups is 1. The number of carbonyl (C=O) groups excluding carboxylic acids is 1. The Bertz CT molecular complexity index is 624. The molecule has 0 aromatic heterocycles. The Labute approximate surface area is 156 Å². The van der Waals surface area contributed by atoms with Gasteiger partial charge in [0.15, 0.2) is 5.96 Å². The molecule has 1 aliphatic heterocycles. The van der Waals surface area contributed by atoms with Crippen molar-refractivity contribution < 1.29 is 4.79 Å². The molecule has 6 nitrogen and oxygen atoms in total. The summed E-state index contributed by atoms with van der Waals surface area (Å²) in [5.41, 5.74) is 2.57. The van der Waals surface area contributed by atoms with Crippen LogP contribution >= 0.6 is 0 Å². The summed E-state index contributed by atoms with van der Waals surface area (Å²) >= 11 is 0. The fourth-order valence-electron chi connectivity index (χ4n) is 3.24. The van der Waals surface area contributed by atoms with Gasteiger partial charge in [-0.25, -0.2) is 0 Å². The maximum atomic E-state index is 11.7. The number of hydrogen-bond donors (Lipinski definition) is 3. The fraction of sp³-hybridized carbons (Fsp3) is 0.600. The van der Waals surface area contributed by atoms with Crippen LogP contribution in [0.3, 0.4) is 0 Å². The third kappa shape index (κ3) is 5.64. The van der Waals surface area contributed by atoms with Crippen molar-refractivity contribution in [2.75, 3.05) is 31.6 Å². The van der Waals surface area contributed by atoms with E-state index in [1.54, 1.807) is 7.05 Å². The molecule has 1 saturated carbocycles. The number of aliphatic imine (C=N–C) groups is 1. The Hall–Kier alpha value is -2.24. The minimum Gasteiger partial charge on any atom is -0.369 e. The third-order valence-corrected chi connectivity index (χ3v) is 4.97. The highest BCUT2D eigenvalue weighted by molar-refractivity contribution is 5.80. The van der Waals surface area contributed by atoms with Gasteiger partial charge in [0.1, 0.15) is 0 Å². The quantitative estimate of drug-likeness (QED) is 0.395. The Kier molecular flexibility index (Phi) is 6.36. The van der Waals surface area contributed by atoms with Crippen LogP contribution in [0.4, 0.5) is 5.69 Å². The van der Waals surface area contributed by atoms with Crippen LogP contribution < -0.4 is 20.9 Å². The topological polar surface area (TPSA) is 68.8 Å². The van der Waals surface area contributed by atoms with E-state index in [2.05, 4.69) is 57.0 Å². The van der Waals surface area contributed by atoms with Gasteiger partial charge in [-0.3, -0.25) is 9.79 Å². The first-order chi connectivity index (χ1) is 12.6. The predicted octanol–water partition coefficient (Wildman–Crippen LogP) is 1.80. The summed E-state index contributed by atoms with van der Waals surface area (Å²) in [6, 6.07) is 9.55. The molecule has 2 fully saturated rings. The van der Waals surface area contributed by atoms with E-state index in [-0.39, 0.29) is 5.91 Å². The Balaban J connectivity index is 1.35. The molecule has 1 unspecified atom stereocenters. The zero-order valence-electron chi connectivity index (χ0n) is 15.9. The highest BCUT2D eigenvalue weighted by Gasteiger charge is 2.24. The number of amides is 1. The minimum atomic E-state index is 0.168. The lowest BCUT2D eigenvalue weighted by molar-refractivity contribution is -0.121. The lowest BCUT2D eigenvalue weighted by atomic mass is 10.2. The normalized spacial score (nSPS) is 20.2. The predicted molar refractivity (Wildman–Crippen MR) is 107 cm³/mol. The zero-order valence-corrected chi connectivity index (χ0v) is 15.9. The molecule has 0 radical (unpaired) electrons.